The number of nitrogens with two attached hydrogens (primary N) is 1. The van der Waals surface area contributed by atoms with E-state index >= 15 is 0 Å². The first-order valence-electron chi connectivity index (χ1n) is 7.02. The summed E-state index contributed by atoms with van der Waals surface area (Å²) in [6, 6.07) is 5.19. The van der Waals surface area contributed by atoms with Crippen molar-refractivity contribution in [2.45, 2.75) is 42.5 Å². The van der Waals surface area contributed by atoms with Crippen molar-refractivity contribution in [1.82, 2.24) is 0 Å². The van der Waals surface area contributed by atoms with E-state index in [2.05, 4.69) is 0 Å². The average molecular weight is 384 g/mol. The highest BCUT2D eigenvalue weighted by Crippen LogP contribution is 2.22. The fourth-order valence-electron chi connectivity index (χ4n) is 2.23. The third-order valence-electron chi connectivity index (χ3n) is 3.68. The molecule has 0 saturated carbocycles. The van der Waals surface area contributed by atoms with Crippen molar-refractivity contribution in [1.29, 1.82) is 0 Å². The van der Waals surface area contributed by atoms with E-state index in [1.807, 2.05) is 6.92 Å². The highest BCUT2D eigenvalue weighted by atomic mass is 35.5. The van der Waals surface area contributed by atoms with Gasteiger partial charge >= 0.3 is 0 Å². The van der Waals surface area contributed by atoms with E-state index in [1.54, 1.807) is 12.1 Å². The number of hydrogen-bond donors (Lipinski definition) is 3. The fraction of sp³-hybridized carbons (Fsp3) is 0.571. The van der Waals surface area contributed by atoms with Crippen molar-refractivity contribution in [3.8, 4) is 0 Å². The molecule has 0 amide bonds. The number of methoxy groups -OCH3 is 1. The number of aliphatic hydroxyl groups excluding tert-OH is 2. The van der Waals surface area contributed by atoms with Gasteiger partial charge in [-0.2, -0.15) is 8.42 Å². The van der Waals surface area contributed by atoms with Crippen molar-refractivity contribution in [3.63, 3.8) is 0 Å². The molecule has 0 radical (unpaired) electrons. The van der Waals surface area contributed by atoms with Crippen molar-refractivity contribution < 1.29 is 32.3 Å². The molecule has 0 aromatic heterocycles. The molecule has 1 heterocycles. The second kappa shape index (κ2) is 8.54. The molecule has 138 valence electrons. The lowest BCUT2D eigenvalue weighted by molar-refractivity contribution is -0.256. The van der Waals surface area contributed by atoms with Gasteiger partial charge in [0, 0.05) is 7.11 Å². The van der Waals surface area contributed by atoms with Crippen molar-refractivity contribution in [2.24, 2.45) is 5.73 Å². The Bertz CT molecular complexity index is 623. The van der Waals surface area contributed by atoms with E-state index in [0.29, 0.717) is 0 Å². The van der Waals surface area contributed by atoms with Crippen LogP contribution in [0.5, 0.6) is 0 Å². The van der Waals surface area contributed by atoms with Crippen molar-refractivity contribution in [2.75, 3.05) is 13.7 Å². The molecular weight excluding hydrogens is 362 g/mol. The molecule has 1 aromatic carbocycles. The van der Waals surface area contributed by atoms with Gasteiger partial charge in [-0.25, -0.2) is 0 Å². The van der Waals surface area contributed by atoms with Crippen LogP contribution in [0.25, 0.3) is 0 Å². The van der Waals surface area contributed by atoms with Crippen LogP contribution in [0.1, 0.15) is 5.56 Å². The fourth-order valence-corrected chi connectivity index (χ4v) is 3.15. The van der Waals surface area contributed by atoms with Gasteiger partial charge in [0.25, 0.3) is 10.1 Å². The van der Waals surface area contributed by atoms with Gasteiger partial charge in [-0.15, -0.1) is 12.4 Å². The van der Waals surface area contributed by atoms with Gasteiger partial charge in [0.1, 0.15) is 18.3 Å². The largest absolute Gasteiger partial charge is 0.388 e. The number of ether oxygens (including phenoxy) is 2. The van der Waals surface area contributed by atoms with Crippen LogP contribution in [-0.2, 0) is 23.8 Å². The summed E-state index contributed by atoms with van der Waals surface area (Å²) in [5.41, 5.74) is 6.57. The SMILES string of the molecule is COC1OC(COS(=O)(=O)c2ccc(C)cc2)C(O)C(O)C1N.Cl. The Morgan fingerprint density at radius 1 is 1.21 bits per heavy atom. The van der Waals surface area contributed by atoms with Crippen LogP contribution in [0, 0.1) is 6.92 Å². The lowest BCUT2D eigenvalue weighted by Gasteiger charge is -2.40. The summed E-state index contributed by atoms with van der Waals surface area (Å²) in [5, 5.41) is 19.8. The summed E-state index contributed by atoms with van der Waals surface area (Å²) in [7, 11) is -2.67. The van der Waals surface area contributed by atoms with E-state index in [-0.39, 0.29) is 17.3 Å². The highest BCUT2D eigenvalue weighted by molar-refractivity contribution is 7.86. The Morgan fingerprint density at radius 3 is 2.33 bits per heavy atom. The molecule has 8 nitrogen and oxygen atoms in total. The van der Waals surface area contributed by atoms with Crippen LogP contribution >= 0.6 is 12.4 Å². The first-order valence-corrected chi connectivity index (χ1v) is 8.43. The molecule has 1 aliphatic rings. The summed E-state index contributed by atoms with van der Waals surface area (Å²) in [6.45, 7) is 1.36. The molecule has 0 spiro atoms. The molecular formula is C14H22ClNO7S. The second-order valence-electron chi connectivity index (χ2n) is 5.39. The smallest absolute Gasteiger partial charge is 0.297 e. The zero-order chi connectivity index (χ0) is 17.2. The van der Waals surface area contributed by atoms with Gasteiger partial charge in [-0.05, 0) is 19.1 Å². The number of benzene rings is 1. The van der Waals surface area contributed by atoms with Gasteiger partial charge in [-0.3, -0.25) is 4.18 Å². The Balaban J connectivity index is 0.00000288. The van der Waals surface area contributed by atoms with Gasteiger partial charge in [0.15, 0.2) is 6.29 Å². The van der Waals surface area contributed by atoms with Gasteiger partial charge in [0.2, 0.25) is 0 Å². The average Bonchev–Trinajstić information content (AvgIpc) is 2.52. The van der Waals surface area contributed by atoms with Crippen LogP contribution in [0.2, 0.25) is 0 Å². The molecule has 4 N–H and O–H groups in total. The standard InChI is InChI=1S/C14H21NO7S.ClH/c1-8-3-5-9(6-4-8)23(18,19)21-7-10-12(16)13(17)11(15)14(20-2)22-10;/h3-6,10-14,16-17H,7,15H2,1-2H3;1H. The van der Waals surface area contributed by atoms with Gasteiger partial charge < -0.3 is 25.4 Å². The number of halogens is 1. The van der Waals surface area contributed by atoms with Crippen LogP contribution in [0.4, 0.5) is 0 Å². The maximum Gasteiger partial charge on any atom is 0.297 e. The van der Waals surface area contributed by atoms with Gasteiger partial charge in [-0.1, -0.05) is 17.7 Å². The first-order chi connectivity index (χ1) is 10.8. The zero-order valence-electron chi connectivity index (χ0n) is 13.2. The maximum absolute atomic E-state index is 12.1. The summed E-state index contributed by atoms with van der Waals surface area (Å²) in [4.78, 5) is -0.00561. The van der Waals surface area contributed by atoms with E-state index < -0.39 is 47.4 Å². The highest BCUT2D eigenvalue weighted by Gasteiger charge is 2.43. The molecule has 5 atom stereocenters. The monoisotopic (exact) mass is 383 g/mol. The maximum atomic E-state index is 12.1. The van der Waals surface area contributed by atoms with Crippen molar-refractivity contribution in [3.05, 3.63) is 29.8 Å². The van der Waals surface area contributed by atoms with E-state index in [1.165, 1.54) is 19.2 Å². The zero-order valence-corrected chi connectivity index (χ0v) is 14.9. The number of hydrogen-bond acceptors (Lipinski definition) is 8. The molecule has 24 heavy (non-hydrogen) atoms. The molecule has 5 unspecified atom stereocenters. The van der Waals surface area contributed by atoms with Crippen LogP contribution < -0.4 is 5.73 Å². The summed E-state index contributed by atoms with van der Waals surface area (Å²) >= 11 is 0. The molecule has 0 aliphatic carbocycles. The minimum atomic E-state index is -4.00. The van der Waals surface area contributed by atoms with Crippen LogP contribution in [-0.4, -0.2) is 63.0 Å². The lowest BCUT2D eigenvalue weighted by atomic mass is 9.98. The molecule has 1 aliphatic heterocycles. The van der Waals surface area contributed by atoms with Crippen LogP contribution in [0.15, 0.2) is 29.2 Å². The normalized spacial score (nSPS) is 30.6. The summed E-state index contributed by atoms with van der Waals surface area (Å²) in [5.74, 6) is 0. The summed E-state index contributed by atoms with van der Waals surface area (Å²) < 4.78 is 39.4. The number of aryl methyl sites for hydroxylation is 1. The molecule has 1 aromatic rings. The predicted molar refractivity (Wildman–Crippen MR) is 87.2 cm³/mol. The molecule has 10 heteroatoms. The molecule has 0 bridgehead atoms. The van der Waals surface area contributed by atoms with Crippen LogP contribution in [0.3, 0.4) is 0 Å². The Labute approximate surface area is 147 Å². The Kier molecular flexibility index (Phi) is 7.57. The topological polar surface area (TPSA) is 128 Å². The quantitative estimate of drug-likeness (QED) is 0.583. The minimum absolute atomic E-state index is 0. The molecule has 1 saturated heterocycles. The molecule has 2 rings (SSSR count). The third kappa shape index (κ3) is 4.64. The minimum Gasteiger partial charge on any atom is -0.388 e. The van der Waals surface area contributed by atoms with Crippen molar-refractivity contribution >= 4 is 22.5 Å². The molecule has 1 fully saturated rings. The lowest BCUT2D eigenvalue weighted by Crippen LogP contribution is -2.62. The third-order valence-corrected chi connectivity index (χ3v) is 4.97. The second-order valence-corrected chi connectivity index (χ2v) is 7.00. The number of aliphatic hydroxyl groups is 2. The Hall–Kier alpha value is -0.780. The predicted octanol–water partition coefficient (Wildman–Crippen LogP) is -0.457. The number of rotatable bonds is 5. The van der Waals surface area contributed by atoms with Gasteiger partial charge in [0.05, 0.1) is 17.5 Å². The van der Waals surface area contributed by atoms with E-state index in [0.717, 1.165) is 5.56 Å². The van der Waals surface area contributed by atoms with E-state index in [9.17, 15) is 18.6 Å². The first kappa shape index (κ1) is 21.3. The summed E-state index contributed by atoms with van der Waals surface area (Å²) in [6.07, 6.45) is -4.76. The van der Waals surface area contributed by atoms with E-state index in [4.69, 9.17) is 19.4 Å². The Morgan fingerprint density at radius 2 is 1.79 bits per heavy atom.